The molecule has 0 amide bonds. The summed E-state index contributed by atoms with van der Waals surface area (Å²) in [6.07, 6.45) is 5.88. The molecule has 0 spiro atoms. The maximum atomic E-state index is 2.42. The third-order valence-electron chi connectivity index (χ3n) is 9.81. The summed E-state index contributed by atoms with van der Waals surface area (Å²) in [6.45, 7) is 0. The van der Waals surface area contributed by atoms with Gasteiger partial charge in [-0.3, -0.25) is 0 Å². The van der Waals surface area contributed by atoms with E-state index >= 15 is 0 Å². The van der Waals surface area contributed by atoms with Gasteiger partial charge < -0.3 is 4.90 Å². The summed E-state index contributed by atoms with van der Waals surface area (Å²) in [6, 6.07) is 65.8. The van der Waals surface area contributed by atoms with Crippen molar-refractivity contribution in [1.82, 2.24) is 0 Å². The molecule has 9 rings (SSSR count). The summed E-state index contributed by atoms with van der Waals surface area (Å²) in [5.74, 6) is 0.491. The van der Waals surface area contributed by atoms with E-state index in [-0.39, 0.29) is 0 Å². The van der Waals surface area contributed by atoms with E-state index in [1.807, 2.05) is 11.8 Å². The molecule has 7 aromatic rings. The van der Waals surface area contributed by atoms with Crippen LogP contribution < -0.4 is 4.90 Å². The van der Waals surface area contributed by atoms with Crippen LogP contribution in [0.1, 0.15) is 23.5 Å². The molecule has 2 heteroatoms. The first-order valence-corrected chi connectivity index (χ1v) is 18.1. The van der Waals surface area contributed by atoms with Gasteiger partial charge >= 0.3 is 0 Å². The van der Waals surface area contributed by atoms with Crippen molar-refractivity contribution in [2.75, 3.05) is 4.90 Å². The number of rotatable bonds is 7. The number of thioether (sulfide) groups is 1. The first-order chi connectivity index (χ1) is 24.8. The molecule has 0 saturated carbocycles. The molecule has 0 aromatic heterocycles. The van der Waals surface area contributed by atoms with Gasteiger partial charge in [0.25, 0.3) is 0 Å². The number of hydrogen-bond acceptors (Lipinski definition) is 2. The number of nitrogens with zero attached hydrogens (tertiary/aromatic N) is 1. The van der Waals surface area contributed by atoms with Crippen molar-refractivity contribution >= 4 is 34.4 Å². The van der Waals surface area contributed by atoms with Gasteiger partial charge in [0.15, 0.2) is 0 Å². The van der Waals surface area contributed by atoms with E-state index in [4.69, 9.17) is 0 Å². The quantitative estimate of drug-likeness (QED) is 0.168. The van der Waals surface area contributed by atoms with Crippen LogP contribution in [0.15, 0.2) is 204 Å². The Labute approximate surface area is 298 Å². The molecule has 1 heterocycles. The van der Waals surface area contributed by atoms with Crippen molar-refractivity contribution in [3.8, 4) is 33.4 Å². The van der Waals surface area contributed by atoms with Gasteiger partial charge in [-0.25, -0.2) is 0 Å². The summed E-state index contributed by atoms with van der Waals surface area (Å²) in [4.78, 5) is 5.27. The summed E-state index contributed by atoms with van der Waals surface area (Å²) >= 11 is 1.93. The second-order valence-electron chi connectivity index (χ2n) is 12.9. The van der Waals surface area contributed by atoms with Gasteiger partial charge in [0.05, 0.1) is 5.69 Å². The maximum Gasteiger partial charge on any atom is 0.0540 e. The smallest absolute Gasteiger partial charge is 0.0540 e. The first-order valence-electron chi connectivity index (χ1n) is 17.3. The molecule has 1 atom stereocenters. The minimum absolute atomic E-state index is 0.491. The summed E-state index contributed by atoms with van der Waals surface area (Å²) < 4.78 is 0. The zero-order chi connectivity index (χ0) is 33.3. The second kappa shape index (κ2) is 13.2. The number of para-hydroxylation sites is 1. The van der Waals surface area contributed by atoms with Crippen LogP contribution in [-0.4, -0.2) is 0 Å². The molecule has 1 aliphatic carbocycles. The number of allylic oxidation sites excluding steroid dienone is 4. The number of hydrogen-bond donors (Lipinski definition) is 0. The molecule has 0 saturated heterocycles. The number of benzene rings is 7. The molecule has 1 nitrogen and oxygen atoms in total. The van der Waals surface area contributed by atoms with Crippen LogP contribution in [-0.2, 0) is 0 Å². The van der Waals surface area contributed by atoms with Gasteiger partial charge in [0, 0.05) is 27.8 Å². The van der Waals surface area contributed by atoms with Crippen LogP contribution in [0.25, 0.3) is 39.0 Å². The van der Waals surface area contributed by atoms with Gasteiger partial charge in [0.2, 0.25) is 0 Å². The monoisotopic (exact) mass is 657 g/mol. The number of anilines is 3. The number of fused-ring (bicyclic) bond motifs is 3. The minimum atomic E-state index is 0.491. The van der Waals surface area contributed by atoms with Gasteiger partial charge in [0.1, 0.15) is 0 Å². The molecule has 1 unspecified atom stereocenters. The molecule has 7 aromatic carbocycles. The van der Waals surface area contributed by atoms with Crippen LogP contribution >= 0.6 is 11.8 Å². The highest BCUT2D eigenvalue weighted by Gasteiger charge is 2.29. The fraction of sp³-hybridized carbons (Fsp3) is 0.0417. The molecule has 2 aliphatic rings. The Kier molecular flexibility index (Phi) is 8.00. The highest BCUT2D eigenvalue weighted by molar-refractivity contribution is 8.03. The Morgan fingerprint density at radius 3 is 1.78 bits per heavy atom. The average Bonchev–Trinajstić information content (AvgIpc) is 3.57. The largest absolute Gasteiger partial charge is 0.310 e. The highest BCUT2D eigenvalue weighted by atomic mass is 32.2. The van der Waals surface area contributed by atoms with Crippen LogP contribution in [0.4, 0.5) is 17.1 Å². The summed E-state index contributed by atoms with van der Waals surface area (Å²) in [7, 11) is 0. The molecule has 0 N–H and O–H groups in total. The van der Waals surface area contributed by atoms with Crippen LogP contribution in [0.3, 0.4) is 0 Å². The SMILES string of the molecule is C1=C(c2cccc(-c3cccc(N(c4cccc(-c5ccccc5)c4)c4ccccc4-c4ccccc4)c3)c2)C=C2Sc3ccccc3C2C1. The maximum absolute atomic E-state index is 2.42. The topological polar surface area (TPSA) is 3.24 Å². The highest BCUT2D eigenvalue weighted by Crippen LogP contribution is 2.53. The van der Waals surface area contributed by atoms with Crippen molar-refractivity contribution in [1.29, 1.82) is 0 Å². The molecule has 50 heavy (non-hydrogen) atoms. The van der Waals surface area contributed by atoms with Crippen molar-refractivity contribution in [2.24, 2.45) is 0 Å². The fourth-order valence-corrected chi connectivity index (χ4v) is 8.64. The normalized spacial score (nSPS) is 14.7. The first kappa shape index (κ1) is 30.2. The molecule has 0 bridgehead atoms. The molecular weight excluding hydrogens is 623 g/mol. The predicted octanol–water partition coefficient (Wildman–Crippen LogP) is 13.7. The van der Waals surface area contributed by atoms with E-state index in [1.165, 1.54) is 59.9 Å². The molecular formula is C48H35NS. The van der Waals surface area contributed by atoms with E-state index in [0.29, 0.717) is 5.92 Å². The molecule has 0 radical (unpaired) electrons. The molecule has 0 fully saturated rings. The van der Waals surface area contributed by atoms with E-state index in [9.17, 15) is 0 Å². The lowest BCUT2D eigenvalue weighted by atomic mass is 9.87. The molecule has 238 valence electrons. The Hall–Kier alpha value is -5.83. The second-order valence-corrected chi connectivity index (χ2v) is 14.0. The fourth-order valence-electron chi connectivity index (χ4n) is 7.36. The van der Waals surface area contributed by atoms with Crippen LogP contribution in [0.5, 0.6) is 0 Å². The van der Waals surface area contributed by atoms with Gasteiger partial charge in [-0.2, -0.15) is 0 Å². The van der Waals surface area contributed by atoms with Crippen molar-refractivity contribution in [3.05, 3.63) is 210 Å². The Bertz CT molecular complexity index is 2390. The minimum Gasteiger partial charge on any atom is -0.310 e. The van der Waals surface area contributed by atoms with E-state index < -0.39 is 0 Å². The predicted molar refractivity (Wildman–Crippen MR) is 213 cm³/mol. The zero-order valence-electron chi connectivity index (χ0n) is 27.6. The van der Waals surface area contributed by atoms with Gasteiger partial charge in [-0.15, -0.1) is 0 Å². The Morgan fingerprint density at radius 1 is 0.460 bits per heavy atom. The summed E-state index contributed by atoms with van der Waals surface area (Å²) in [5.41, 5.74) is 14.6. The standard InChI is InChI=1S/C48H35NS/c1-3-14-34(15-4-1)38-20-12-22-41(31-38)49(46-26-9-7-24-43(46)35-16-5-2-6-17-35)42-23-13-21-39(32-42)36-18-11-19-37(30-36)40-28-29-45-44-25-8-10-27-47(44)50-48(45)33-40/h1-28,30-33,45H,29H2. The van der Waals surface area contributed by atoms with Crippen molar-refractivity contribution < 1.29 is 0 Å². The van der Waals surface area contributed by atoms with Crippen molar-refractivity contribution in [2.45, 2.75) is 17.2 Å². The van der Waals surface area contributed by atoms with Crippen LogP contribution in [0, 0.1) is 0 Å². The third kappa shape index (κ3) is 5.78. The van der Waals surface area contributed by atoms with Gasteiger partial charge in [-0.1, -0.05) is 157 Å². The van der Waals surface area contributed by atoms with E-state index in [2.05, 4.69) is 199 Å². The van der Waals surface area contributed by atoms with Crippen molar-refractivity contribution in [3.63, 3.8) is 0 Å². The van der Waals surface area contributed by atoms with Crippen LogP contribution in [0.2, 0.25) is 0 Å². The Morgan fingerprint density at radius 2 is 1.02 bits per heavy atom. The lowest BCUT2D eigenvalue weighted by Gasteiger charge is -2.29. The van der Waals surface area contributed by atoms with E-state index in [1.54, 1.807) is 0 Å². The van der Waals surface area contributed by atoms with Gasteiger partial charge in [-0.05, 0) is 104 Å². The lowest BCUT2D eigenvalue weighted by molar-refractivity contribution is 0.840. The Balaban J connectivity index is 1.12. The lowest BCUT2D eigenvalue weighted by Crippen LogP contribution is -2.11. The van der Waals surface area contributed by atoms with E-state index in [0.717, 1.165) is 23.5 Å². The average molecular weight is 658 g/mol. The zero-order valence-corrected chi connectivity index (χ0v) is 28.4. The third-order valence-corrected chi connectivity index (χ3v) is 11.0. The molecule has 1 aliphatic heterocycles. The summed E-state index contributed by atoms with van der Waals surface area (Å²) in [5, 5.41) is 0.